The zero-order chi connectivity index (χ0) is 16.8. The van der Waals surface area contributed by atoms with Crippen molar-refractivity contribution in [3.05, 3.63) is 28.8 Å². The van der Waals surface area contributed by atoms with Crippen molar-refractivity contribution in [1.82, 2.24) is 0 Å². The summed E-state index contributed by atoms with van der Waals surface area (Å²) in [6.07, 6.45) is 4.55. The summed E-state index contributed by atoms with van der Waals surface area (Å²) in [5.74, 6) is 5.85. The predicted molar refractivity (Wildman–Crippen MR) is 92.4 cm³/mol. The van der Waals surface area contributed by atoms with Gasteiger partial charge in [0.15, 0.2) is 0 Å². The van der Waals surface area contributed by atoms with Gasteiger partial charge in [0.1, 0.15) is 5.75 Å². The van der Waals surface area contributed by atoms with Gasteiger partial charge in [-0.1, -0.05) is 53.4 Å². The second-order valence-electron chi connectivity index (χ2n) is 6.77. The molecule has 1 aromatic rings. The number of rotatable bonds is 5. The second-order valence-corrected chi connectivity index (χ2v) is 6.77. The summed E-state index contributed by atoms with van der Waals surface area (Å²) >= 11 is 0. The van der Waals surface area contributed by atoms with Crippen molar-refractivity contribution in [3.63, 3.8) is 0 Å². The molecule has 0 aromatic heterocycles. The number of ketones is 1. The number of Topliss-reactive ketones (excluding diaryl/α,β-unsaturated/α-hetero) is 1. The summed E-state index contributed by atoms with van der Waals surface area (Å²) in [5, 5.41) is 10.5. The average Bonchev–Trinajstić information content (AvgIpc) is 2.44. The van der Waals surface area contributed by atoms with E-state index in [1.54, 1.807) is 12.1 Å². The van der Waals surface area contributed by atoms with Gasteiger partial charge in [-0.15, -0.1) is 0 Å². The molecular weight excluding hydrogens is 272 g/mol. The lowest BCUT2D eigenvalue weighted by atomic mass is 9.83. The van der Waals surface area contributed by atoms with Crippen molar-refractivity contribution in [2.24, 2.45) is 0 Å². The van der Waals surface area contributed by atoms with Crippen LogP contribution in [0.4, 0.5) is 0 Å². The summed E-state index contributed by atoms with van der Waals surface area (Å²) < 4.78 is 0. The molecular formula is C20H28O2. The zero-order valence-corrected chi connectivity index (χ0v) is 14.5. The van der Waals surface area contributed by atoms with Gasteiger partial charge in [-0.2, -0.15) is 0 Å². The topological polar surface area (TPSA) is 37.3 Å². The third-order valence-corrected chi connectivity index (χ3v) is 3.64. The van der Waals surface area contributed by atoms with E-state index in [0.717, 1.165) is 43.2 Å². The van der Waals surface area contributed by atoms with Gasteiger partial charge in [0.05, 0.1) is 0 Å². The number of carbonyl (C=O) groups is 1. The van der Waals surface area contributed by atoms with E-state index in [0.29, 0.717) is 11.3 Å². The molecule has 22 heavy (non-hydrogen) atoms. The maximum absolute atomic E-state index is 12.3. The Balaban J connectivity index is 3.21. The lowest BCUT2D eigenvalue weighted by Crippen LogP contribution is -2.14. The maximum atomic E-state index is 12.3. The molecule has 0 radical (unpaired) electrons. The number of phenols is 1. The molecule has 0 aliphatic carbocycles. The second kappa shape index (κ2) is 8.03. The normalized spacial score (nSPS) is 11.0. The van der Waals surface area contributed by atoms with E-state index < -0.39 is 0 Å². The van der Waals surface area contributed by atoms with Gasteiger partial charge >= 0.3 is 0 Å². The summed E-state index contributed by atoms with van der Waals surface area (Å²) in [5.41, 5.74) is 2.04. The van der Waals surface area contributed by atoms with E-state index in [-0.39, 0.29) is 11.2 Å². The molecule has 0 atom stereocenters. The predicted octanol–water partition coefficient (Wildman–Crippen LogP) is 5.02. The molecule has 0 bridgehead atoms. The van der Waals surface area contributed by atoms with Gasteiger partial charge < -0.3 is 5.11 Å². The van der Waals surface area contributed by atoms with Crippen molar-refractivity contribution >= 4 is 5.78 Å². The van der Waals surface area contributed by atoms with Gasteiger partial charge in [0.2, 0.25) is 5.78 Å². The molecule has 2 heteroatoms. The van der Waals surface area contributed by atoms with Gasteiger partial charge in [-0.05, 0) is 41.9 Å². The molecule has 1 N–H and O–H groups in total. The standard InChI is InChI=1S/C20H28O2/c1-6-8-9-10-12-18(21)16-13-15(11-7-2)19(22)17(14-16)20(3,4)5/h13-14,22H,6-9,11H2,1-5H3. The van der Waals surface area contributed by atoms with Gasteiger partial charge in [-0.3, -0.25) is 4.79 Å². The number of hydrogen-bond acceptors (Lipinski definition) is 2. The molecule has 0 amide bonds. The molecule has 1 rings (SSSR count). The maximum Gasteiger partial charge on any atom is 0.235 e. The number of unbranched alkanes of at least 4 members (excludes halogenated alkanes) is 2. The molecule has 2 nitrogen and oxygen atoms in total. The van der Waals surface area contributed by atoms with Crippen LogP contribution < -0.4 is 0 Å². The van der Waals surface area contributed by atoms with Gasteiger partial charge in [0, 0.05) is 17.5 Å². The Hall–Kier alpha value is -1.75. The minimum Gasteiger partial charge on any atom is -0.507 e. The molecule has 0 unspecified atom stereocenters. The van der Waals surface area contributed by atoms with E-state index in [1.807, 2.05) is 20.8 Å². The first kappa shape index (κ1) is 18.3. The summed E-state index contributed by atoms with van der Waals surface area (Å²) in [6, 6.07) is 3.59. The molecule has 0 spiro atoms. The molecule has 1 aromatic carbocycles. The van der Waals surface area contributed by atoms with Gasteiger partial charge in [-0.25, -0.2) is 0 Å². The fraction of sp³-hybridized carbons (Fsp3) is 0.550. The lowest BCUT2D eigenvalue weighted by molar-refractivity contribution is 0.105. The molecule has 0 fully saturated rings. The van der Waals surface area contributed by atoms with Crippen molar-refractivity contribution in [1.29, 1.82) is 0 Å². The highest BCUT2D eigenvalue weighted by atomic mass is 16.3. The van der Waals surface area contributed by atoms with Crippen LogP contribution in [0.2, 0.25) is 0 Å². The highest BCUT2D eigenvalue weighted by molar-refractivity contribution is 6.09. The minimum atomic E-state index is -0.210. The molecule has 120 valence electrons. The largest absolute Gasteiger partial charge is 0.507 e. The van der Waals surface area contributed by atoms with E-state index in [1.165, 1.54) is 0 Å². The fourth-order valence-corrected chi connectivity index (χ4v) is 2.34. The first-order valence-electron chi connectivity index (χ1n) is 8.20. The van der Waals surface area contributed by atoms with Crippen LogP contribution >= 0.6 is 0 Å². The highest BCUT2D eigenvalue weighted by Crippen LogP contribution is 2.35. The first-order chi connectivity index (χ1) is 10.3. The molecule has 0 saturated heterocycles. The van der Waals surface area contributed by atoms with Crippen LogP contribution in [-0.4, -0.2) is 10.9 Å². The van der Waals surface area contributed by atoms with Crippen LogP contribution in [0.3, 0.4) is 0 Å². The van der Waals surface area contributed by atoms with Crippen LogP contribution in [0.5, 0.6) is 5.75 Å². The van der Waals surface area contributed by atoms with Crippen molar-refractivity contribution < 1.29 is 9.90 Å². The zero-order valence-electron chi connectivity index (χ0n) is 14.5. The Kier molecular flexibility index (Phi) is 6.68. The number of aromatic hydroxyl groups is 1. The summed E-state index contributed by atoms with van der Waals surface area (Å²) in [6.45, 7) is 10.3. The van der Waals surface area contributed by atoms with Crippen LogP contribution in [0.15, 0.2) is 12.1 Å². The van der Waals surface area contributed by atoms with Gasteiger partial charge in [0.25, 0.3) is 0 Å². The highest BCUT2D eigenvalue weighted by Gasteiger charge is 2.22. The number of carbonyl (C=O) groups excluding carboxylic acids is 1. The Morgan fingerprint density at radius 3 is 2.41 bits per heavy atom. The molecule has 0 aliphatic rings. The number of aryl methyl sites for hydroxylation is 1. The van der Waals surface area contributed by atoms with Crippen molar-refractivity contribution in [2.75, 3.05) is 0 Å². The quantitative estimate of drug-likeness (QED) is 0.359. The van der Waals surface area contributed by atoms with Crippen LogP contribution in [-0.2, 0) is 11.8 Å². The Morgan fingerprint density at radius 1 is 1.18 bits per heavy atom. The lowest BCUT2D eigenvalue weighted by Gasteiger charge is -2.23. The SMILES string of the molecule is CCCCC#CC(=O)c1cc(CCC)c(O)c(C(C)(C)C)c1. The van der Waals surface area contributed by atoms with Crippen LogP contribution in [0, 0.1) is 11.8 Å². The Bertz CT molecular complexity index is 580. The summed E-state index contributed by atoms with van der Waals surface area (Å²) in [4.78, 5) is 12.3. The fourth-order valence-electron chi connectivity index (χ4n) is 2.34. The molecule has 0 saturated carbocycles. The van der Waals surface area contributed by atoms with Crippen LogP contribution in [0.25, 0.3) is 0 Å². The van der Waals surface area contributed by atoms with Crippen LogP contribution in [0.1, 0.15) is 81.8 Å². The summed E-state index contributed by atoms with van der Waals surface area (Å²) in [7, 11) is 0. The van der Waals surface area contributed by atoms with E-state index in [9.17, 15) is 9.90 Å². The third-order valence-electron chi connectivity index (χ3n) is 3.64. The first-order valence-corrected chi connectivity index (χ1v) is 8.20. The third kappa shape index (κ3) is 4.91. The molecule has 0 aliphatic heterocycles. The molecule has 0 heterocycles. The smallest absolute Gasteiger partial charge is 0.235 e. The number of hydrogen-bond donors (Lipinski definition) is 1. The van der Waals surface area contributed by atoms with E-state index in [2.05, 4.69) is 25.7 Å². The van der Waals surface area contributed by atoms with Crippen molar-refractivity contribution in [3.8, 4) is 17.6 Å². The Labute approximate surface area is 134 Å². The Morgan fingerprint density at radius 2 is 1.86 bits per heavy atom. The average molecular weight is 300 g/mol. The number of benzene rings is 1. The minimum absolute atomic E-state index is 0.154. The van der Waals surface area contributed by atoms with E-state index >= 15 is 0 Å². The number of phenolic OH excluding ortho intramolecular Hbond substituents is 1. The monoisotopic (exact) mass is 300 g/mol. The van der Waals surface area contributed by atoms with Crippen molar-refractivity contribution in [2.45, 2.75) is 72.1 Å². The van der Waals surface area contributed by atoms with E-state index in [4.69, 9.17) is 0 Å².